The molecular formula is C14H15Cl2N3O. The number of carbonyl (C=O) groups excluding carboxylic acids is 1. The number of nitrogens with zero attached hydrogens (tertiary/aromatic N) is 2. The summed E-state index contributed by atoms with van der Waals surface area (Å²) in [6, 6.07) is 4.98. The van der Waals surface area contributed by atoms with Crippen LogP contribution >= 0.6 is 23.2 Å². The summed E-state index contributed by atoms with van der Waals surface area (Å²) in [5, 5.41) is 8.00. The number of anilines is 1. The molecule has 0 aliphatic carbocycles. The molecule has 2 aromatic rings. The first-order chi connectivity index (χ1) is 9.43. The maximum atomic E-state index is 12.3. The van der Waals surface area contributed by atoms with Crippen molar-refractivity contribution >= 4 is 34.8 Å². The summed E-state index contributed by atoms with van der Waals surface area (Å²) in [7, 11) is 0. The Labute approximate surface area is 127 Å². The zero-order valence-electron chi connectivity index (χ0n) is 11.5. The van der Waals surface area contributed by atoms with Crippen molar-refractivity contribution in [1.29, 1.82) is 0 Å². The molecular weight excluding hydrogens is 297 g/mol. The van der Waals surface area contributed by atoms with Gasteiger partial charge in [-0.15, -0.1) is 0 Å². The Hall–Kier alpha value is -1.52. The second-order valence-electron chi connectivity index (χ2n) is 4.44. The first-order valence-corrected chi connectivity index (χ1v) is 7.00. The van der Waals surface area contributed by atoms with Gasteiger partial charge in [0.2, 0.25) is 0 Å². The quantitative estimate of drug-likeness (QED) is 0.928. The Bertz CT molecular complexity index is 665. The average Bonchev–Trinajstić information content (AvgIpc) is 2.68. The molecule has 0 bridgehead atoms. The van der Waals surface area contributed by atoms with Crippen molar-refractivity contribution in [3.05, 3.63) is 45.2 Å². The van der Waals surface area contributed by atoms with Crippen molar-refractivity contribution in [2.45, 2.75) is 27.3 Å². The minimum Gasteiger partial charge on any atom is -0.322 e. The van der Waals surface area contributed by atoms with E-state index < -0.39 is 0 Å². The number of benzene rings is 1. The Morgan fingerprint density at radius 3 is 2.55 bits per heavy atom. The van der Waals surface area contributed by atoms with Crippen LogP contribution in [0.1, 0.15) is 28.7 Å². The molecule has 0 aliphatic heterocycles. The molecule has 1 heterocycles. The third kappa shape index (κ3) is 2.81. The predicted molar refractivity (Wildman–Crippen MR) is 81.8 cm³/mol. The topological polar surface area (TPSA) is 46.9 Å². The fraction of sp³-hybridized carbons (Fsp3) is 0.286. The van der Waals surface area contributed by atoms with E-state index in [-0.39, 0.29) is 5.91 Å². The van der Waals surface area contributed by atoms with Crippen LogP contribution in [0.15, 0.2) is 18.2 Å². The van der Waals surface area contributed by atoms with Crippen LogP contribution in [-0.2, 0) is 6.54 Å². The monoisotopic (exact) mass is 311 g/mol. The van der Waals surface area contributed by atoms with Gasteiger partial charge in [-0.25, -0.2) is 0 Å². The van der Waals surface area contributed by atoms with E-state index in [1.54, 1.807) is 22.9 Å². The number of hydrogen-bond donors (Lipinski definition) is 1. The highest BCUT2D eigenvalue weighted by Crippen LogP contribution is 2.25. The molecule has 4 nitrogen and oxygen atoms in total. The molecule has 6 heteroatoms. The molecule has 0 aliphatic rings. The van der Waals surface area contributed by atoms with Gasteiger partial charge in [0.15, 0.2) is 0 Å². The summed E-state index contributed by atoms with van der Waals surface area (Å²) in [5.41, 5.74) is 2.76. The third-order valence-corrected chi connectivity index (χ3v) is 3.82. The van der Waals surface area contributed by atoms with Gasteiger partial charge in [0, 0.05) is 17.9 Å². The summed E-state index contributed by atoms with van der Waals surface area (Å²) < 4.78 is 1.80. The number of aromatic nitrogens is 2. The van der Waals surface area contributed by atoms with E-state index in [9.17, 15) is 4.79 Å². The van der Waals surface area contributed by atoms with Crippen molar-refractivity contribution in [2.24, 2.45) is 0 Å². The van der Waals surface area contributed by atoms with Crippen LogP contribution in [0, 0.1) is 13.8 Å². The Morgan fingerprint density at radius 1 is 1.30 bits per heavy atom. The van der Waals surface area contributed by atoms with Crippen molar-refractivity contribution in [3.8, 4) is 0 Å². The molecule has 0 saturated heterocycles. The largest absolute Gasteiger partial charge is 0.322 e. The lowest BCUT2D eigenvalue weighted by Gasteiger charge is -2.07. The highest BCUT2D eigenvalue weighted by molar-refractivity contribution is 6.42. The fourth-order valence-electron chi connectivity index (χ4n) is 2.10. The Balaban J connectivity index is 2.28. The molecule has 106 valence electrons. The molecule has 0 atom stereocenters. The van der Waals surface area contributed by atoms with Crippen LogP contribution in [0.3, 0.4) is 0 Å². The lowest BCUT2D eigenvalue weighted by atomic mass is 10.2. The highest BCUT2D eigenvalue weighted by Gasteiger charge is 2.18. The van der Waals surface area contributed by atoms with E-state index in [2.05, 4.69) is 10.4 Å². The predicted octanol–water partition coefficient (Wildman–Crippen LogP) is 4.08. The van der Waals surface area contributed by atoms with Crippen LogP contribution in [0.2, 0.25) is 10.0 Å². The van der Waals surface area contributed by atoms with E-state index in [0.29, 0.717) is 27.0 Å². The van der Waals surface area contributed by atoms with Crippen LogP contribution in [-0.4, -0.2) is 15.7 Å². The SMILES string of the molecule is CCn1nc(C)c(C(=O)Nc2ccc(Cl)c(Cl)c2)c1C. The van der Waals surface area contributed by atoms with Crippen molar-refractivity contribution in [2.75, 3.05) is 5.32 Å². The van der Waals surface area contributed by atoms with Gasteiger partial charge in [-0.3, -0.25) is 9.48 Å². The molecule has 1 aromatic carbocycles. The molecule has 1 amide bonds. The molecule has 0 saturated carbocycles. The molecule has 2 rings (SSSR count). The van der Waals surface area contributed by atoms with E-state index in [0.717, 1.165) is 12.2 Å². The lowest BCUT2D eigenvalue weighted by molar-refractivity contribution is 0.102. The first-order valence-electron chi connectivity index (χ1n) is 6.24. The van der Waals surface area contributed by atoms with Gasteiger partial charge in [-0.05, 0) is 39.0 Å². The van der Waals surface area contributed by atoms with Crippen molar-refractivity contribution < 1.29 is 4.79 Å². The van der Waals surface area contributed by atoms with Crippen LogP contribution < -0.4 is 5.32 Å². The van der Waals surface area contributed by atoms with E-state index >= 15 is 0 Å². The van der Waals surface area contributed by atoms with Crippen LogP contribution in [0.25, 0.3) is 0 Å². The molecule has 0 unspecified atom stereocenters. The van der Waals surface area contributed by atoms with Crippen LogP contribution in [0.5, 0.6) is 0 Å². The lowest BCUT2D eigenvalue weighted by Crippen LogP contribution is -2.14. The summed E-state index contributed by atoms with van der Waals surface area (Å²) in [6.45, 7) is 6.42. The number of hydrogen-bond acceptors (Lipinski definition) is 2. The molecule has 1 N–H and O–H groups in total. The summed E-state index contributed by atoms with van der Waals surface area (Å²) in [4.78, 5) is 12.3. The van der Waals surface area contributed by atoms with Crippen molar-refractivity contribution in [1.82, 2.24) is 9.78 Å². The highest BCUT2D eigenvalue weighted by atomic mass is 35.5. The fourth-order valence-corrected chi connectivity index (χ4v) is 2.40. The standard InChI is InChI=1S/C14H15Cl2N3O/c1-4-19-9(3)13(8(2)18-19)14(20)17-10-5-6-11(15)12(16)7-10/h5-7H,4H2,1-3H3,(H,17,20). The normalized spacial score (nSPS) is 10.7. The molecule has 0 radical (unpaired) electrons. The van der Waals surface area contributed by atoms with Gasteiger partial charge in [0.05, 0.1) is 21.3 Å². The van der Waals surface area contributed by atoms with Crippen molar-refractivity contribution in [3.63, 3.8) is 0 Å². The van der Waals surface area contributed by atoms with Gasteiger partial charge in [0.1, 0.15) is 0 Å². The number of halogens is 2. The van der Waals surface area contributed by atoms with E-state index in [1.807, 2.05) is 20.8 Å². The smallest absolute Gasteiger partial charge is 0.259 e. The van der Waals surface area contributed by atoms with Gasteiger partial charge in [0.25, 0.3) is 5.91 Å². The Morgan fingerprint density at radius 2 is 2.00 bits per heavy atom. The number of amides is 1. The molecule has 20 heavy (non-hydrogen) atoms. The molecule has 1 aromatic heterocycles. The van der Waals surface area contributed by atoms with Crippen LogP contribution in [0.4, 0.5) is 5.69 Å². The number of aryl methyl sites for hydroxylation is 2. The molecule has 0 fully saturated rings. The second-order valence-corrected chi connectivity index (χ2v) is 5.26. The number of rotatable bonds is 3. The number of nitrogens with one attached hydrogen (secondary N) is 1. The zero-order chi connectivity index (χ0) is 14.9. The third-order valence-electron chi connectivity index (χ3n) is 3.09. The maximum absolute atomic E-state index is 12.3. The summed E-state index contributed by atoms with van der Waals surface area (Å²) in [6.07, 6.45) is 0. The maximum Gasteiger partial charge on any atom is 0.259 e. The molecule has 0 spiro atoms. The van der Waals surface area contributed by atoms with Gasteiger partial charge < -0.3 is 5.32 Å². The summed E-state index contributed by atoms with van der Waals surface area (Å²) >= 11 is 11.8. The average molecular weight is 312 g/mol. The zero-order valence-corrected chi connectivity index (χ0v) is 13.0. The second kappa shape index (κ2) is 5.85. The summed E-state index contributed by atoms with van der Waals surface area (Å²) in [5.74, 6) is -0.196. The number of carbonyl (C=O) groups is 1. The minimum absolute atomic E-state index is 0.196. The van der Waals surface area contributed by atoms with Gasteiger partial charge in [-0.2, -0.15) is 5.10 Å². The van der Waals surface area contributed by atoms with Gasteiger partial charge in [-0.1, -0.05) is 23.2 Å². The first kappa shape index (κ1) is 14.9. The van der Waals surface area contributed by atoms with E-state index in [4.69, 9.17) is 23.2 Å². The van der Waals surface area contributed by atoms with E-state index in [1.165, 1.54) is 0 Å². The minimum atomic E-state index is -0.196. The van der Waals surface area contributed by atoms with Gasteiger partial charge >= 0.3 is 0 Å². The Kier molecular flexibility index (Phi) is 4.35.